The van der Waals surface area contributed by atoms with E-state index in [1.165, 1.54) is 0 Å². The van der Waals surface area contributed by atoms with Crippen molar-refractivity contribution in [3.8, 4) is 5.75 Å². The van der Waals surface area contributed by atoms with Crippen molar-refractivity contribution in [3.63, 3.8) is 0 Å². The lowest BCUT2D eigenvalue weighted by Crippen LogP contribution is -2.15. The minimum absolute atomic E-state index is 0.00703. The van der Waals surface area contributed by atoms with E-state index < -0.39 is 29.2 Å². The van der Waals surface area contributed by atoms with E-state index in [-0.39, 0.29) is 39.1 Å². The Hall–Kier alpha value is -1.76. The van der Waals surface area contributed by atoms with Crippen LogP contribution in [0.4, 0.5) is 26.3 Å². The van der Waals surface area contributed by atoms with Gasteiger partial charge < -0.3 is 47.7 Å². The summed E-state index contributed by atoms with van der Waals surface area (Å²) in [4.78, 5) is 0. The third-order valence-electron chi connectivity index (χ3n) is 4.90. The van der Waals surface area contributed by atoms with Crippen LogP contribution in [0.15, 0.2) is 18.2 Å². The summed E-state index contributed by atoms with van der Waals surface area (Å²) >= 11 is 0. The van der Waals surface area contributed by atoms with E-state index in [4.69, 9.17) is 47.7 Å². The summed E-state index contributed by atoms with van der Waals surface area (Å²) in [5.74, 6) is -0.549. The zero-order chi connectivity index (χ0) is 30.9. The molecule has 0 amide bonds. The molecule has 0 heterocycles. The van der Waals surface area contributed by atoms with Gasteiger partial charge >= 0.3 is 12.4 Å². The molecule has 0 unspecified atom stereocenters. The summed E-state index contributed by atoms with van der Waals surface area (Å²) < 4.78 is 124. The number of benzene rings is 1. The topological polar surface area (TPSA) is 103 Å². The molecule has 1 aromatic rings. The van der Waals surface area contributed by atoms with Crippen LogP contribution in [0.25, 0.3) is 0 Å². The van der Waals surface area contributed by atoms with Gasteiger partial charge in [0.15, 0.2) is 0 Å². The van der Waals surface area contributed by atoms with Crippen molar-refractivity contribution in [2.75, 3.05) is 119 Å². The van der Waals surface area contributed by atoms with Gasteiger partial charge in [0.2, 0.25) is 0 Å². The minimum atomic E-state index is -4.94. The third kappa shape index (κ3) is 21.0. The molecule has 10 nitrogen and oxygen atoms in total. The largest absolute Gasteiger partial charge is 0.491 e. The molecule has 0 saturated carbocycles. The summed E-state index contributed by atoms with van der Waals surface area (Å²) in [6.45, 7) is 5.27. The van der Waals surface area contributed by atoms with Gasteiger partial charge in [-0.3, -0.25) is 0 Å². The highest BCUT2D eigenvalue weighted by Gasteiger charge is 2.37. The number of alkyl halides is 6. The lowest BCUT2D eigenvalue weighted by molar-refractivity contribution is -0.143. The first-order valence-corrected chi connectivity index (χ1v) is 13.3. The van der Waals surface area contributed by atoms with Crippen molar-refractivity contribution < 1.29 is 74.1 Å². The summed E-state index contributed by atoms with van der Waals surface area (Å²) in [6, 6.07) is 1.06. The highest BCUT2D eigenvalue weighted by molar-refractivity contribution is 5.37. The molecular formula is C26H40F6O10. The van der Waals surface area contributed by atoms with E-state index in [0.29, 0.717) is 98.0 Å². The molecule has 0 aromatic heterocycles. The van der Waals surface area contributed by atoms with Gasteiger partial charge in [0.05, 0.1) is 123 Å². The molecule has 16 heteroatoms. The maximum Gasteiger partial charge on any atom is 0.416 e. The first-order valence-electron chi connectivity index (χ1n) is 13.3. The number of rotatable bonds is 27. The van der Waals surface area contributed by atoms with Crippen LogP contribution in [0.3, 0.4) is 0 Å². The Morgan fingerprint density at radius 2 is 0.667 bits per heavy atom. The van der Waals surface area contributed by atoms with Gasteiger partial charge in [0, 0.05) is 0 Å². The van der Waals surface area contributed by atoms with Crippen LogP contribution < -0.4 is 4.74 Å². The second-order valence-electron chi connectivity index (χ2n) is 8.21. The fraction of sp³-hybridized carbons (Fsp3) is 0.769. The normalized spacial score (nSPS) is 12.3. The molecule has 0 radical (unpaired) electrons. The summed E-state index contributed by atoms with van der Waals surface area (Å²) in [7, 11) is 0. The third-order valence-corrected chi connectivity index (χ3v) is 4.90. The van der Waals surface area contributed by atoms with Gasteiger partial charge in [0.1, 0.15) is 12.4 Å². The lowest BCUT2D eigenvalue weighted by atomic mass is 10.1. The van der Waals surface area contributed by atoms with Crippen LogP contribution in [0.2, 0.25) is 0 Å². The van der Waals surface area contributed by atoms with E-state index in [2.05, 4.69) is 0 Å². The number of hydrogen-bond acceptors (Lipinski definition) is 10. The van der Waals surface area contributed by atoms with Crippen LogP contribution in [0.1, 0.15) is 11.1 Å². The molecule has 0 saturated heterocycles. The van der Waals surface area contributed by atoms with Gasteiger partial charge in [-0.1, -0.05) is 0 Å². The number of ether oxygens (including phenoxy) is 9. The van der Waals surface area contributed by atoms with Gasteiger partial charge in [-0.15, -0.1) is 0 Å². The molecule has 246 valence electrons. The predicted octanol–water partition coefficient (Wildman–Crippen LogP) is 3.23. The van der Waals surface area contributed by atoms with Crippen molar-refractivity contribution in [3.05, 3.63) is 29.3 Å². The number of halogens is 6. The molecule has 1 rings (SSSR count). The highest BCUT2D eigenvalue weighted by atomic mass is 19.4. The molecule has 1 N–H and O–H groups in total. The molecule has 1 aromatic carbocycles. The van der Waals surface area contributed by atoms with Gasteiger partial charge in [-0.05, 0) is 18.2 Å². The van der Waals surface area contributed by atoms with Crippen molar-refractivity contribution in [2.24, 2.45) is 0 Å². The zero-order valence-electron chi connectivity index (χ0n) is 23.3. The van der Waals surface area contributed by atoms with E-state index >= 15 is 0 Å². The average molecular weight is 627 g/mol. The molecule has 0 aliphatic heterocycles. The smallest absolute Gasteiger partial charge is 0.416 e. The first-order chi connectivity index (χ1) is 20.1. The number of hydrogen-bond donors (Lipinski definition) is 1. The summed E-state index contributed by atoms with van der Waals surface area (Å²) in [5.41, 5.74) is -2.89. The second kappa shape index (κ2) is 23.7. The Bertz CT molecular complexity index is 751. The molecule has 0 aliphatic carbocycles. The highest BCUT2D eigenvalue weighted by Crippen LogP contribution is 2.38. The quantitative estimate of drug-likeness (QED) is 0.116. The standard InChI is InChI=1S/C26H40F6O10/c27-25(28,29)22-19-23(26(30,31)32)21-24(20-22)42-18-17-41-16-15-40-14-13-39-12-11-38-10-9-37-8-7-36-6-5-35-4-3-34-2-1-33/h19-21,33H,1-18H2. The second-order valence-corrected chi connectivity index (χ2v) is 8.21. The maximum atomic E-state index is 12.9. The van der Waals surface area contributed by atoms with Crippen LogP contribution >= 0.6 is 0 Å². The van der Waals surface area contributed by atoms with Crippen molar-refractivity contribution >= 4 is 0 Å². The van der Waals surface area contributed by atoms with Gasteiger partial charge in [-0.2, -0.15) is 26.3 Å². The molecule has 0 fully saturated rings. The van der Waals surface area contributed by atoms with Crippen molar-refractivity contribution in [1.82, 2.24) is 0 Å². The Balaban J connectivity index is 1.87. The lowest BCUT2D eigenvalue weighted by Gasteiger charge is -2.15. The van der Waals surface area contributed by atoms with E-state index in [9.17, 15) is 26.3 Å². The van der Waals surface area contributed by atoms with Crippen LogP contribution in [0, 0.1) is 0 Å². The van der Waals surface area contributed by atoms with E-state index in [1.807, 2.05) is 0 Å². The SMILES string of the molecule is OCCOCCOCCOCCOCCOCCOCCOCCOCCOc1cc(C(F)(F)F)cc(C(F)(F)F)c1. The van der Waals surface area contributed by atoms with Gasteiger partial charge in [-0.25, -0.2) is 0 Å². The number of aliphatic hydroxyl groups excluding tert-OH is 1. The Morgan fingerprint density at radius 3 is 0.929 bits per heavy atom. The summed E-state index contributed by atoms with van der Waals surface area (Å²) in [5, 5.41) is 8.55. The van der Waals surface area contributed by atoms with Crippen LogP contribution in [0.5, 0.6) is 5.75 Å². The molecule has 0 bridgehead atoms. The fourth-order valence-electron chi connectivity index (χ4n) is 2.93. The van der Waals surface area contributed by atoms with Crippen molar-refractivity contribution in [2.45, 2.75) is 12.4 Å². The molecule has 0 atom stereocenters. The average Bonchev–Trinajstić information content (AvgIpc) is 2.94. The minimum Gasteiger partial charge on any atom is -0.491 e. The molecule has 0 spiro atoms. The Kier molecular flexibility index (Phi) is 21.6. The predicted molar refractivity (Wildman–Crippen MR) is 136 cm³/mol. The zero-order valence-corrected chi connectivity index (χ0v) is 23.3. The molecule has 0 aliphatic rings. The maximum absolute atomic E-state index is 12.9. The monoisotopic (exact) mass is 626 g/mol. The Labute approximate surface area is 241 Å². The summed E-state index contributed by atoms with van der Waals surface area (Å²) in [6.07, 6.45) is -9.88. The van der Waals surface area contributed by atoms with E-state index in [0.717, 1.165) is 0 Å². The Morgan fingerprint density at radius 1 is 0.405 bits per heavy atom. The first kappa shape index (κ1) is 38.3. The molecular weight excluding hydrogens is 586 g/mol. The van der Waals surface area contributed by atoms with Crippen LogP contribution in [-0.2, 0) is 50.2 Å². The van der Waals surface area contributed by atoms with E-state index in [1.54, 1.807) is 0 Å². The molecule has 42 heavy (non-hydrogen) atoms. The van der Waals surface area contributed by atoms with Crippen LogP contribution in [-0.4, -0.2) is 124 Å². The number of aliphatic hydroxyl groups is 1. The van der Waals surface area contributed by atoms with Gasteiger partial charge in [0.25, 0.3) is 0 Å². The fourth-order valence-corrected chi connectivity index (χ4v) is 2.93. The van der Waals surface area contributed by atoms with Crippen molar-refractivity contribution in [1.29, 1.82) is 0 Å².